The molecule has 1 N–H and O–H groups in total. The molecule has 0 bridgehead atoms. The van der Waals surface area contributed by atoms with E-state index in [4.69, 9.17) is 9.47 Å². The van der Waals surface area contributed by atoms with Crippen molar-refractivity contribution in [3.63, 3.8) is 0 Å². The number of aliphatic imine (C=N–C) groups is 1. The van der Waals surface area contributed by atoms with Gasteiger partial charge in [0.25, 0.3) is 0 Å². The van der Waals surface area contributed by atoms with Crippen molar-refractivity contribution >= 4 is 29.9 Å². The van der Waals surface area contributed by atoms with Crippen LogP contribution in [-0.4, -0.2) is 51.3 Å². The van der Waals surface area contributed by atoms with Gasteiger partial charge < -0.3 is 19.7 Å². The zero-order chi connectivity index (χ0) is 19.3. The minimum atomic E-state index is 0. The van der Waals surface area contributed by atoms with Crippen LogP contribution in [0, 0.1) is 5.92 Å². The summed E-state index contributed by atoms with van der Waals surface area (Å²) in [5, 5.41) is 3.47. The summed E-state index contributed by atoms with van der Waals surface area (Å²) in [6.07, 6.45) is 2.14. The van der Waals surface area contributed by atoms with E-state index in [0.717, 1.165) is 57.5 Å². The highest BCUT2D eigenvalue weighted by atomic mass is 127. The molecule has 0 amide bonds. The van der Waals surface area contributed by atoms with Crippen molar-refractivity contribution in [1.29, 1.82) is 0 Å². The van der Waals surface area contributed by atoms with Gasteiger partial charge in [0.1, 0.15) is 5.75 Å². The van der Waals surface area contributed by atoms with Crippen LogP contribution in [0.1, 0.15) is 17.5 Å². The summed E-state index contributed by atoms with van der Waals surface area (Å²) in [6, 6.07) is 15.2. The number of halogens is 1. The number of benzene rings is 2. The Hall–Kier alpha value is -1.80. The summed E-state index contributed by atoms with van der Waals surface area (Å²) in [7, 11) is 3.93. The van der Waals surface area contributed by atoms with Crippen LogP contribution >= 0.6 is 24.0 Å². The van der Waals surface area contributed by atoms with E-state index in [9.17, 15) is 0 Å². The Bertz CT molecular complexity index is 833. The van der Waals surface area contributed by atoms with E-state index in [-0.39, 0.29) is 24.0 Å². The molecule has 4 rings (SSSR count). The number of ether oxygens (including phenoxy) is 2. The number of nitrogens with zero attached hydrogens (tertiary/aromatic N) is 2. The number of nitrogens with one attached hydrogen (secondary N) is 1. The lowest BCUT2D eigenvalue weighted by molar-refractivity contribution is 0.181. The van der Waals surface area contributed by atoms with Crippen LogP contribution in [0.25, 0.3) is 11.1 Å². The third-order valence-electron chi connectivity index (χ3n) is 5.56. The minimum Gasteiger partial charge on any atom is -0.493 e. The van der Waals surface area contributed by atoms with Gasteiger partial charge in [0.15, 0.2) is 5.96 Å². The Balaban J connectivity index is 0.00000240. The summed E-state index contributed by atoms with van der Waals surface area (Å²) < 4.78 is 11.1. The topological polar surface area (TPSA) is 46.1 Å². The molecule has 1 atom stereocenters. The molecule has 0 aliphatic carbocycles. The molecular weight excluding hydrogens is 477 g/mol. The van der Waals surface area contributed by atoms with Crippen molar-refractivity contribution < 1.29 is 9.47 Å². The molecule has 1 unspecified atom stereocenters. The van der Waals surface area contributed by atoms with Crippen molar-refractivity contribution in [2.24, 2.45) is 10.9 Å². The first kappa shape index (κ1) is 21.9. The molecule has 6 heteroatoms. The fraction of sp³-hybridized carbons (Fsp3) is 0.435. The van der Waals surface area contributed by atoms with E-state index < -0.39 is 0 Å². The van der Waals surface area contributed by atoms with Gasteiger partial charge in [-0.1, -0.05) is 30.3 Å². The largest absolute Gasteiger partial charge is 0.493 e. The number of hydrogen-bond acceptors (Lipinski definition) is 3. The van der Waals surface area contributed by atoms with E-state index >= 15 is 0 Å². The summed E-state index contributed by atoms with van der Waals surface area (Å²) in [4.78, 5) is 6.62. The van der Waals surface area contributed by atoms with E-state index in [1.165, 1.54) is 22.3 Å². The molecule has 2 heterocycles. The highest BCUT2D eigenvalue weighted by molar-refractivity contribution is 14.0. The zero-order valence-electron chi connectivity index (χ0n) is 17.2. The molecule has 29 heavy (non-hydrogen) atoms. The Morgan fingerprint density at radius 1 is 1.14 bits per heavy atom. The highest BCUT2D eigenvalue weighted by Crippen LogP contribution is 2.30. The summed E-state index contributed by atoms with van der Waals surface area (Å²) in [5.74, 6) is 2.55. The van der Waals surface area contributed by atoms with Gasteiger partial charge in [-0.3, -0.25) is 4.99 Å². The maximum Gasteiger partial charge on any atom is 0.193 e. The maximum absolute atomic E-state index is 5.60. The van der Waals surface area contributed by atoms with E-state index in [1.807, 2.05) is 7.05 Å². The van der Waals surface area contributed by atoms with E-state index in [2.05, 4.69) is 64.7 Å². The second kappa shape index (κ2) is 10.3. The maximum atomic E-state index is 5.60. The van der Waals surface area contributed by atoms with Crippen molar-refractivity contribution in [1.82, 2.24) is 10.2 Å². The third kappa shape index (κ3) is 5.42. The smallest absolute Gasteiger partial charge is 0.193 e. The number of fused-ring (bicyclic) bond motifs is 1. The average Bonchev–Trinajstić information content (AvgIpc) is 3.40. The van der Waals surface area contributed by atoms with Gasteiger partial charge in [-0.15, -0.1) is 24.0 Å². The molecule has 0 aromatic heterocycles. The number of guanidine groups is 1. The second-order valence-corrected chi connectivity index (χ2v) is 7.63. The van der Waals surface area contributed by atoms with Crippen molar-refractivity contribution in [3.8, 4) is 16.9 Å². The predicted octanol–water partition coefficient (Wildman–Crippen LogP) is 3.95. The first-order chi connectivity index (χ1) is 13.7. The monoisotopic (exact) mass is 507 g/mol. The van der Waals surface area contributed by atoms with Crippen LogP contribution in [0.2, 0.25) is 0 Å². The highest BCUT2D eigenvalue weighted by Gasteiger charge is 2.19. The van der Waals surface area contributed by atoms with Crippen LogP contribution in [0.5, 0.6) is 5.75 Å². The second-order valence-electron chi connectivity index (χ2n) is 7.63. The van der Waals surface area contributed by atoms with Crippen molar-refractivity contribution in [3.05, 3.63) is 53.6 Å². The summed E-state index contributed by atoms with van der Waals surface area (Å²) in [6.45, 7) is 4.27. The minimum absolute atomic E-state index is 0. The van der Waals surface area contributed by atoms with Gasteiger partial charge in [0.2, 0.25) is 0 Å². The fourth-order valence-corrected chi connectivity index (χ4v) is 3.95. The lowest BCUT2D eigenvalue weighted by Gasteiger charge is -2.24. The zero-order valence-corrected chi connectivity index (χ0v) is 19.5. The van der Waals surface area contributed by atoms with E-state index in [0.29, 0.717) is 5.92 Å². The van der Waals surface area contributed by atoms with Crippen molar-refractivity contribution in [2.45, 2.75) is 19.4 Å². The molecule has 2 aromatic carbocycles. The van der Waals surface area contributed by atoms with Crippen LogP contribution in [0.15, 0.2) is 47.5 Å². The van der Waals surface area contributed by atoms with Crippen molar-refractivity contribution in [2.75, 3.05) is 40.5 Å². The number of rotatable bonds is 5. The SMILES string of the molecule is CN=C(NCc1ccc(-c2ccc3c(c2)CCO3)cc1)N(C)CC1CCOC1.I. The van der Waals surface area contributed by atoms with Gasteiger partial charge >= 0.3 is 0 Å². The molecule has 1 saturated heterocycles. The van der Waals surface area contributed by atoms with E-state index in [1.54, 1.807) is 0 Å². The molecule has 0 saturated carbocycles. The van der Waals surface area contributed by atoms with Crippen LogP contribution < -0.4 is 10.1 Å². The molecule has 2 aromatic rings. The first-order valence-electron chi connectivity index (χ1n) is 10.1. The molecule has 0 radical (unpaired) electrons. The Kier molecular flexibility index (Phi) is 7.77. The Morgan fingerprint density at radius 3 is 2.66 bits per heavy atom. The average molecular weight is 507 g/mol. The third-order valence-corrected chi connectivity index (χ3v) is 5.56. The van der Waals surface area contributed by atoms with Gasteiger partial charge in [-0.25, -0.2) is 0 Å². The molecule has 0 spiro atoms. The normalized spacial score (nSPS) is 18.0. The lowest BCUT2D eigenvalue weighted by atomic mass is 10.0. The van der Waals surface area contributed by atoms with Gasteiger partial charge in [0, 0.05) is 46.1 Å². The Labute approximate surface area is 190 Å². The standard InChI is InChI=1S/C23H29N3O2.HI/c1-24-23(26(2)15-18-9-11-27-16-18)25-14-17-3-5-19(6-4-17)20-7-8-22-21(13-20)10-12-28-22;/h3-8,13,18H,9-12,14-16H2,1-2H3,(H,24,25);1H. The molecule has 2 aliphatic rings. The van der Waals surface area contributed by atoms with Crippen LogP contribution in [0.4, 0.5) is 0 Å². The van der Waals surface area contributed by atoms with Crippen LogP contribution in [-0.2, 0) is 17.7 Å². The van der Waals surface area contributed by atoms with Crippen LogP contribution in [0.3, 0.4) is 0 Å². The summed E-state index contributed by atoms with van der Waals surface area (Å²) >= 11 is 0. The summed E-state index contributed by atoms with van der Waals surface area (Å²) in [5.41, 5.74) is 5.04. The molecule has 156 valence electrons. The molecule has 1 fully saturated rings. The molecule has 5 nitrogen and oxygen atoms in total. The number of hydrogen-bond donors (Lipinski definition) is 1. The molecular formula is C23H30IN3O2. The quantitative estimate of drug-likeness (QED) is 0.379. The first-order valence-corrected chi connectivity index (χ1v) is 10.1. The van der Waals surface area contributed by atoms with Gasteiger partial charge in [0.05, 0.1) is 13.2 Å². The molecule has 2 aliphatic heterocycles. The lowest BCUT2D eigenvalue weighted by Crippen LogP contribution is -2.41. The van der Waals surface area contributed by atoms with Gasteiger partial charge in [-0.05, 0) is 40.8 Å². The Morgan fingerprint density at radius 2 is 1.93 bits per heavy atom. The van der Waals surface area contributed by atoms with Gasteiger partial charge in [-0.2, -0.15) is 0 Å². The fourth-order valence-electron chi connectivity index (χ4n) is 3.95. The predicted molar refractivity (Wildman–Crippen MR) is 128 cm³/mol.